The Morgan fingerprint density at radius 3 is 3.12 bits per heavy atom. The zero-order valence-electron chi connectivity index (χ0n) is 9.65. The zero-order valence-corrected chi connectivity index (χ0v) is 10.5. The SMILES string of the molecule is CC1SCCCC1Nc1cccc(CO)c1. The van der Waals surface area contributed by atoms with Crippen molar-refractivity contribution in [2.75, 3.05) is 11.1 Å². The monoisotopic (exact) mass is 237 g/mol. The fraction of sp³-hybridized carbons (Fsp3) is 0.538. The topological polar surface area (TPSA) is 32.3 Å². The number of aliphatic hydroxyl groups excluding tert-OH is 1. The van der Waals surface area contributed by atoms with Crippen molar-refractivity contribution >= 4 is 17.4 Å². The van der Waals surface area contributed by atoms with Crippen molar-refractivity contribution in [3.8, 4) is 0 Å². The molecule has 0 bridgehead atoms. The van der Waals surface area contributed by atoms with Gasteiger partial charge in [-0.2, -0.15) is 11.8 Å². The van der Waals surface area contributed by atoms with Crippen LogP contribution in [0.4, 0.5) is 5.69 Å². The molecule has 3 heteroatoms. The van der Waals surface area contributed by atoms with E-state index < -0.39 is 0 Å². The van der Waals surface area contributed by atoms with Gasteiger partial charge in [-0.25, -0.2) is 0 Å². The van der Waals surface area contributed by atoms with Gasteiger partial charge in [0.2, 0.25) is 0 Å². The molecule has 2 nitrogen and oxygen atoms in total. The lowest BCUT2D eigenvalue weighted by Gasteiger charge is -2.30. The number of nitrogens with one attached hydrogen (secondary N) is 1. The summed E-state index contributed by atoms with van der Waals surface area (Å²) in [6.45, 7) is 2.40. The van der Waals surface area contributed by atoms with Crippen molar-refractivity contribution in [2.45, 2.75) is 37.7 Å². The number of benzene rings is 1. The zero-order chi connectivity index (χ0) is 11.4. The lowest BCUT2D eigenvalue weighted by molar-refractivity contribution is 0.282. The molecule has 2 N–H and O–H groups in total. The number of hydrogen-bond donors (Lipinski definition) is 2. The molecule has 2 unspecified atom stereocenters. The van der Waals surface area contributed by atoms with Crippen LogP contribution in [-0.4, -0.2) is 22.2 Å². The van der Waals surface area contributed by atoms with Crippen molar-refractivity contribution < 1.29 is 5.11 Å². The van der Waals surface area contributed by atoms with Crippen LogP contribution in [0, 0.1) is 0 Å². The summed E-state index contributed by atoms with van der Waals surface area (Å²) in [5.74, 6) is 1.29. The second kappa shape index (κ2) is 5.60. The van der Waals surface area contributed by atoms with Crippen LogP contribution in [0.2, 0.25) is 0 Å². The number of anilines is 1. The Balaban J connectivity index is 2.01. The molecule has 1 aliphatic heterocycles. The normalized spacial score (nSPS) is 25.4. The van der Waals surface area contributed by atoms with E-state index in [0.29, 0.717) is 11.3 Å². The van der Waals surface area contributed by atoms with Crippen molar-refractivity contribution in [3.05, 3.63) is 29.8 Å². The molecular formula is C13H19NOS. The first-order valence-electron chi connectivity index (χ1n) is 5.87. The predicted molar refractivity (Wildman–Crippen MR) is 70.9 cm³/mol. The quantitative estimate of drug-likeness (QED) is 0.848. The van der Waals surface area contributed by atoms with Gasteiger partial charge in [0, 0.05) is 17.0 Å². The summed E-state index contributed by atoms with van der Waals surface area (Å²) in [5.41, 5.74) is 2.10. The summed E-state index contributed by atoms with van der Waals surface area (Å²) in [5, 5.41) is 13.3. The molecule has 2 atom stereocenters. The molecule has 0 spiro atoms. The van der Waals surface area contributed by atoms with E-state index in [9.17, 15) is 0 Å². The number of rotatable bonds is 3. The minimum Gasteiger partial charge on any atom is -0.392 e. The predicted octanol–water partition coefficient (Wildman–Crippen LogP) is 2.87. The Kier molecular flexibility index (Phi) is 4.13. The van der Waals surface area contributed by atoms with Gasteiger partial charge in [-0.15, -0.1) is 0 Å². The highest BCUT2D eigenvalue weighted by Gasteiger charge is 2.21. The standard InChI is InChI=1S/C13H19NOS/c1-10-13(6-3-7-16-10)14-12-5-2-4-11(8-12)9-15/h2,4-5,8,10,13-15H,3,6-7,9H2,1H3. The molecule has 1 aromatic rings. The van der Waals surface area contributed by atoms with Crippen LogP contribution in [0.3, 0.4) is 0 Å². The minimum atomic E-state index is 0.116. The summed E-state index contributed by atoms with van der Waals surface area (Å²) in [6.07, 6.45) is 2.55. The maximum absolute atomic E-state index is 9.09. The van der Waals surface area contributed by atoms with Crippen molar-refractivity contribution in [2.24, 2.45) is 0 Å². The van der Waals surface area contributed by atoms with Crippen molar-refractivity contribution in [1.82, 2.24) is 0 Å². The van der Waals surface area contributed by atoms with Gasteiger partial charge in [-0.3, -0.25) is 0 Å². The molecule has 0 radical (unpaired) electrons. The number of thioether (sulfide) groups is 1. The first-order valence-corrected chi connectivity index (χ1v) is 6.92. The van der Waals surface area contributed by atoms with E-state index in [1.807, 2.05) is 30.0 Å². The van der Waals surface area contributed by atoms with Gasteiger partial charge in [0.05, 0.1) is 6.61 Å². The molecule has 1 aromatic carbocycles. The van der Waals surface area contributed by atoms with Gasteiger partial charge in [0.15, 0.2) is 0 Å². The van der Waals surface area contributed by atoms with E-state index in [1.54, 1.807) is 0 Å². The first-order chi connectivity index (χ1) is 7.79. The van der Waals surface area contributed by atoms with Crippen molar-refractivity contribution in [3.63, 3.8) is 0 Å². The molecule has 0 aliphatic carbocycles. The largest absolute Gasteiger partial charge is 0.392 e. The van der Waals surface area contributed by atoms with E-state index in [1.165, 1.54) is 18.6 Å². The fourth-order valence-electron chi connectivity index (χ4n) is 2.09. The van der Waals surface area contributed by atoms with Crippen LogP contribution in [0.5, 0.6) is 0 Å². The maximum Gasteiger partial charge on any atom is 0.0682 e. The first kappa shape index (κ1) is 11.8. The van der Waals surface area contributed by atoms with Gasteiger partial charge >= 0.3 is 0 Å². The Labute approximate surface area is 101 Å². The van der Waals surface area contributed by atoms with Gasteiger partial charge < -0.3 is 10.4 Å². The van der Waals surface area contributed by atoms with E-state index in [0.717, 1.165) is 11.3 Å². The molecular weight excluding hydrogens is 218 g/mol. The van der Waals surface area contributed by atoms with E-state index in [-0.39, 0.29) is 6.61 Å². The van der Waals surface area contributed by atoms with Crippen molar-refractivity contribution in [1.29, 1.82) is 0 Å². The highest BCUT2D eigenvalue weighted by molar-refractivity contribution is 8.00. The van der Waals surface area contributed by atoms with Gasteiger partial charge in [-0.1, -0.05) is 19.1 Å². The fourth-order valence-corrected chi connectivity index (χ4v) is 3.23. The summed E-state index contributed by atoms with van der Waals surface area (Å²) in [7, 11) is 0. The molecule has 0 amide bonds. The molecule has 1 saturated heterocycles. The molecule has 88 valence electrons. The average molecular weight is 237 g/mol. The average Bonchev–Trinajstić information content (AvgIpc) is 2.32. The third-order valence-corrected chi connectivity index (χ3v) is 4.45. The highest BCUT2D eigenvalue weighted by atomic mass is 32.2. The molecule has 0 aromatic heterocycles. The van der Waals surface area contributed by atoms with Gasteiger partial charge in [0.25, 0.3) is 0 Å². The molecule has 2 rings (SSSR count). The van der Waals surface area contributed by atoms with Crippen LogP contribution in [-0.2, 0) is 6.61 Å². The van der Waals surface area contributed by atoms with Crippen LogP contribution < -0.4 is 5.32 Å². The van der Waals surface area contributed by atoms with Crippen LogP contribution >= 0.6 is 11.8 Å². The molecule has 1 heterocycles. The van der Waals surface area contributed by atoms with Crippen LogP contribution in [0.15, 0.2) is 24.3 Å². The summed E-state index contributed by atoms with van der Waals surface area (Å²) < 4.78 is 0. The Bertz CT molecular complexity index is 342. The Hall–Kier alpha value is -0.670. The Morgan fingerprint density at radius 1 is 1.50 bits per heavy atom. The highest BCUT2D eigenvalue weighted by Crippen LogP contribution is 2.27. The maximum atomic E-state index is 9.09. The van der Waals surface area contributed by atoms with E-state index in [2.05, 4.69) is 18.3 Å². The number of hydrogen-bond acceptors (Lipinski definition) is 3. The van der Waals surface area contributed by atoms with Gasteiger partial charge in [-0.05, 0) is 36.3 Å². The third-order valence-electron chi connectivity index (χ3n) is 3.07. The second-order valence-electron chi connectivity index (χ2n) is 4.33. The lowest BCUT2D eigenvalue weighted by Crippen LogP contribution is -2.32. The summed E-state index contributed by atoms with van der Waals surface area (Å²) in [6, 6.07) is 8.61. The molecule has 16 heavy (non-hydrogen) atoms. The smallest absolute Gasteiger partial charge is 0.0682 e. The number of aliphatic hydroxyl groups is 1. The van der Waals surface area contributed by atoms with E-state index in [4.69, 9.17) is 5.11 Å². The molecule has 1 aliphatic rings. The van der Waals surface area contributed by atoms with E-state index >= 15 is 0 Å². The Morgan fingerprint density at radius 2 is 2.38 bits per heavy atom. The third kappa shape index (κ3) is 2.92. The summed E-state index contributed by atoms with van der Waals surface area (Å²) >= 11 is 2.04. The molecule has 1 fully saturated rings. The lowest BCUT2D eigenvalue weighted by atomic mass is 10.1. The van der Waals surface area contributed by atoms with Crippen LogP contribution in [0.25, 0.3) is 0 Å². The minimum absolute atomic E-state index is 0.116. The van der Waals surface area contributed by atoms with Crippen LogP contribution in [0.1, 0.15) is 25.3 Å². The second-order valence-corrected chi connectivity index (χ2v) is 5.81. The van der Waals surface area contributed by atoms with Gasteiger partial charge in [0.1, 0.15) is 0 Å². The molecule has 0 saturated carbocycles. The summed E-state index contributed by atoms with van der Waals surface area (Å²) in [4.78, 5) is 0.